The number of nitrogens with one attached hydrogen (secondary N) is 2. The molecule has 0 aliphatic heterocycles. The maximum atomic E-state index is 13.0. The van der Waals surface area contributed by atoms with Crippen molar-refractivity contribution in [1.29, 1.82) is 0 Å². The number of H-pyrrole nitrogens is 1. The van der Waals surface area contributed by atoms with Crippen LogP contribution in [0.15, 0.2) is 42.9 Å². The van der Waals surface area contributed by atoms with Crippen LogP contribution < -0.4 is 10.1 Å². The van der Waals surface area contributed by atoms with E-state index >= 15 is 0 Å². The number of pyridine rings is 2. The topological polar surface area (TPSA) is 79.9 Å². The van der Waals surface area contributed by atoms with Gasteiger partial charge in [0.25, 0.3) is 5.91 Å². The zero-order chi connectivity index (χ0) is 20.1. The molecule has 3 heterocycles. The highest BCUT2D eigenvalue weighted by Crippen LogP contribution is 2.33. The smallest absolute Gasteiger partial charge is 0.257 e. The number of aryl methyl sites for hydroxylation is 2. The summed E-state index contributed by atoms with van der Waals surface area (Å²) in [6, 6.07) is 7.65. The second-order valence-corrected chi connectivity index (χ2v) is 7.32. The molecular weight excluding hydrogens is 364 g/mol. The zero-order valence-electron chi connectivity index (χ0n) is 16.7. The molecule has 1 amide bonds. The number of anilines is 1. The second kappa shape index (κ2) is 8.90. The first-order valence-corrected chi connectivity index (χ1v) is 10.3. The van der Waals surface area contributed by atoms with Gasteiger partial charge in [0.05, 0.1) is 29.7 Å². The Morgan fingerprint density at radius 3 is 2.97 bits per heavy atom. The van der Waals surface area contributed by atoms with Crippen LogP contribution in [0, 0.1) is 0 Å². The largest absolute Gasteiger partial charge is 0.478 e. The van der Waals surface area contributed by atoms with Crippen LogP contribution in [0.3, 0.4) is 0 Å². The molecule has 3 aromatic rings. The molecule has 0 bridgehead atoms. The summed E-state index contributed by atoms with van der Waals surface area (Å²) in [5.41, 5.74) is 5.33. The van der Waals surface area contributed by atoms with Crippen LogP contribution in [0.25, 0.3) is 11.3 Å². The molecule has 0 spiro atoms. The fourth-order valence-electron chi connectivity index (χ4n) is 3.70. The minimum atomic E-state index is -0.167. The molecular formula is C23H26N4O2. The van der Waals surface area contributed by atoms with Gasteiger partial charge in [-0.1, -0.05) is 25.8 Å². The Kier molecular flexibility index (Phi) is 5.89. The van der Waals surface area contributed by atoms with Gasteiger partial charge in [0.1, 0.15) is 0 Å². The predicted molar refractivity (Wildman–Crippen MR) is 113 cm³/mol. The van der Waals surface area contributed by atoms with Crippen molar-refractivity contribution in [3.63, 3.8) is 0 Å². The monoisotopic (exact) mass is 390 g/mol. The third-order valence-corrected chi connectivity index (χ3v) is 5.20. The van der Waals surface area contributed by atoms with E-state index in [9.17, 15) is 4.79 Å². The van der Waals surface area contributed by atoms with E-state index in [-0.39, 0.29) is 5.91 Å². The lowest BCUT2D eigenvalue weighted by atomic mass is 10.0. The van der Waals surface area contributed by atoms with Gasteiger partial charge in [-0.2, -0.15) is 0 Å². The summed E-state index contributed by atoms with van der Waals surface area (Å²) in [6.45, 7) is 2.82. The second-order valence-electron chi connectivity index (χ2n) is 7.32. The first kappa shape index (κ1) is 19.2. The van der Waals surface area contributed by atoms with Crippen molar-refractivity contribution in [3.8, 4) is 17.1 Å². The normalized spacial score (nSPS) is 12.6. The molecule has 150 valence electrons. The van der Waals surface area contributed by atoms with Crippen LogP contribution in [0.4, 0.5) is 5.69 Å². The molecule has 1 aliphatic rings. The average molecular weight is 390 g/mol. The summed E-state index contributed by atoms with van der Waals surface area (Å²) >= 11 is 0. The van der Waals surface area contributed by atoms with Crippen LogP contribution in [0.1, 0.15) is 54.2 Å². The highest BCUT2D eigenvalue weighted by molar-refractivity contribution is 6.09. The number of amides is 1. The highest BCUT2D eigenvalue weighted by Gasteiger charge is 2.24. The Morgan fingerprint density at radius 2 is 2.14 bits per heavy atom. The Labute approximate surface area is 170 Å². The molecule has 3 aromatic heterocycles. The average Bonchev–Trinajstić information content (AvgIpc) is 3.08. The van der Waals surface area contributed by atoms with Gasteiger partial charge in [-0.3, -0.25) is 9.78 Å². The summed E-state index contributed by atoms with van der Waals surface area (Å²) in [5.74, 6) is 0.409. The Balaban J connectivity index is 1.49. The minimum absolute atomic E-state index is 0.167. The molecule has 0 saturated heterocycles. The number of carbonyl (C=O) groups excluding carboxylic acids is 1. The molecule has 0 unspecified atom stereocenters. The first-order valence-electron chi connectivity index (χ1n) is 10.3. The van der Waals surface area contributed by atoms with Gasteiger partial charge in [0.2, 0.25) is 5.88 Å². The number of carbonyl (C=O) groups is 1. The summed E-state index contributed by atoms with van der Waals surface area (Å²) in [6.07, 6.45) is 11.4. The predicted octanol–water partition coefficient (Wildman–Crippen LogP) is 4.78. The van der Waals surface area contributed by atoms with E-state index in [1.807, 2.05) is 12.1 Å². The number of hydrogen-bond donors (Lipinski definition) is 2. The van der Waals surface area contributed by atoms with E-state index in [1.54, 1.807) is 24.7 Å². The summed E-state index contributed by atoms with van der Waals surface area (Å²) in [5, 5.41) is 2.94. The van der Waals surface area contributed by atoms with E-state index in [1.165, 1.54) is 5.56 Å². The molecule has 0 fully saturated rings. The van der Waals surface area contributed by atoms with Crippen LogP contribution >= 0.6 is 0 Å². The molecule has 0 saturated carbocycles. The molecule has 0 radical (unpaired) electrons. The maximum Gasteiger partial charge on any atom is 0.257 e. The molecule has 6 heteroatoms. The van der Waals surface area contributed by atoms with Gasteiger partial charge in [-0.25, -0.2) is 4.98 Å². The maximum absolute atomic E-state index is 13.0. The van der Waals surface area contributed by atoms with Crippen LogP contribution in [-0.4, -0.2) is 27.5 Å². The number of aromatic amines is 1. The lowest BCUT2D eigenvalue weighted by Gasteiger charge is -2.09. The lowest BCUT2D eigenvalue weighted by molar-refractivity contribution is 0.102. The molecule has 4 rings (SSSR count). The summed E-state index contributed by atoms with van der Waals surface area (Å²) < 4.78 is 5.63. The van der Waals surface area contributed by atoms with Crippen molar-refractivity contribution in [2.45, 2.75) is 45.4 Å². The van der Waals surface area contributed by atoms with E-state index in [2.05, 4.69) is 33.3 Å². The number of nitrogens with zero attached hydrogens (tertiary/aromatic N) is 2. The molecule has 1 aliphatic carbocycles. The third kappa shape index (κ3) is 4.31. The number of unbranched alkanes of at least 4 members (excludes halogenated alkanes) is 2. The first-order chi connectivity index (χ1) is 14.3. The third-order valence-electron chi connectivity index (χ3n) is 5.20. The standard InChI is InChI=1S/C23H26N4O2/c1-2-3-4-13-29-20-11-10-17(14-26-20)27-23(28)18-15-25-19-9-5-7-16-8-6-12-24-22(16)21(18)19/h6,8,10-12,14-15,25H,2-5,7,9,13H2,1H3,(H,27,28). The molecule has 2 N–H and O–H groups in total. The van der Waals surface area contributed by atoms with Crippen molar-refractivity contribution in [1.82, 2.24) is 15.0 Å². The van der Waals surface area contributed by atoms with E-state index in [4.69, 9.17) is 4.74 Å². The van der Waals surface area contributed by atoms with E-state index in [0.29, 0.717) is 23.7 Å². The van der Waals surface area contributed by atoms with Gasteiger partial charge in [0.15, 0.2) is 0 Å². The number of rotatable bonds is 7. The Morgan fingerprint density at radius 1 is 1.21 bits per heavy atom. The molecule has 0 aromatic carbocycles. The van der Waals surface area contributed by atoms with Crippen molar-refractivity contribution in [2.24, 2.45) is 0 Å². The fourth-order valence-corrected chi connectivity index (χ4v) is 3.70. The van der Waals surface area contributed by atoms with Crippen molar-refractivity contribution >= 4 is 11.6 Å². The Bertz CT molecular complexity index is 979. The van der Waals surface area contributed by atoms with Crippen LogP contribution in [-0.2, 0) is 12.8 Å². The quantitative estimate of drug-likeness (QED) is 0.569. The van der Waals surface area contributed by atoms with Gasteiger partial charge in [-0.15, -0.1) is 0 Å². The van der Waals surface area contributed by atoms with Crippen molar-refractivity contribution in [3.05, 3.63) is 59.7 Å². The number of fused-ring (bicyclic) bond motifs is 3. The number of hydrogen-bond acceptors (Lipinski definition) is 4. The van der Waals surface area contributed by atoms with Crippen molar-refractivity contribution < 1.29 is 9.53 Å². The SMILES string of the molecule is CCCCCOc1ccc(NC(=O)c2c[nH]c3c2-c2ncccc2CCC3)cn1. The van der Waals surface area contributed by atoms with Crippen LogP contribution in [0.2, 0.25) is 0 Å². The van der Waals surface area contributed by atoms with E-state index in [0.717, 1.165) is 55.5 Å². The summed E-state index contributed by atoms with van der Waals surface area (Å²) in [7, 11) is 0. The van der Waals surface area contributed by atoms with E-state index < -0.39 is 0 Å². The van der Waals surface area contributed by atoms with Crippen LogP contribution in [0.5, 0.6) is 5.88 Å². The van der Waals surface area contributed by atoms with Gasteiger partial charge >= 0.3 is 0 Å². The molecule has 6 nitrogen and oxygen atoms in total. The molecule has 29 heavy (non-hydrogen) atoms. The van der Waals surface area contributed by atoms with Gasteiger partial charge in [0, 0.05) is 29.7 Å². The number of aromatic nitrogens is 3. The minimum Gasteiger partial charge on any atom is -0.478 e. The number of ether oxygens (including phenoxy) is 1. The fraction of sp³-hybridized carbons (Fsp3) is 0.348. The zero-order valence-corrected chi connectivity index (χ0v) is 16.7. The highest BCUT2D eigenvalue weighted by atomic mass is 16.5. The Hall–Kier alpha value is -3.15. The molecule has 0 atom stereocenters. The van der Waals surface area contributed by atoms with Gasteiger partial charge < -0.3 is 15.0 Å². The van der Waals surface area contributed by atoms with Gasteiger partial charge in [-0.05, 0) is 43.4 Å². The summed E-state index contributed by atoms with van der Waals surface area (Å²) in [4.78, 5) is 25.1. The van der Waals surface area contributed by atoms with Crippen molar-refractivity contribution in [2.75, 3.05) is 11.9 Å². The lowest BCUT2D eigenvalue weighted by Crippen LogP contribution is -2.13.